The minimum absolute atomic E-state index is 0. The Labute approximate surface area is 688 Å². The van der Waals surface area contributed by atoms with Crippen LogP contribution in [0, 0.1) is 0 Å². The molecule has 1 saturated heterocycles. The summed E-state index contributed by atoms with van der Waals surface area (Å²) in [6, 6.07) is 0. The van der Waals surface area contributed by atoms with Crippen LogP contribution in [0.5, 0.6) is 0 Å². The Kier molecular flexibility index (Phi) is 127. The SMILES string of the molecule is CC(CO)OC(CO)CO.CC(CO)OC(CO)CO.COCC(CO)OC(C)CO.COCC(CO)OC(C)CO.COCC(CO)OC(C)CO.COCC(O)CO.COCC(O)CO.COCC1OC(C)COC1O.O=CCOC(CO)OC(CO)COC(CO)OC(CO)CO.[B].[H-].[Na+].[Na+].[O-][I+3]([O-])([O-])[O-]. The van der Waals surface area contributed by atoms with Gasteiger partial charge in [0.2, 0.25) is 0 Å². The van der Waals surface area contributed by atoms with Gasteiger partial charge in [-0.05, 0) is 41.5 Å². The Balaban J connectivity index is -0.0000000871. The number of aldehydes is 1. The fourth-order valence-corrected chi connectivity index (χ4v) is 5.97. The van der Waals surface area contributed by atoms with Crippen molar-refractivity contribution in [3.05, 3.63) is 0 Å². The number of hydrogen-bond acceptors (Lipinski definition) is 44. The topological polar surface area (TPSA) is 711 Å². The minimum Gasteiger partial charge on any atom is -1.00 e. The van der Waals surface area contributed by atoms with E-state index in [0.29, 0.717) is 39.3 Å². The van der Waals surface area contributed by atoms with Gasteiger partial charge in [0.05, 0.1) is 215 Å². The predicted molar refractivity (Wildman–Crippen MR) is 358 cm³/mol. The standard InChI is InChI=1S/C12H24O10.C7H14O4.3C7H16O4.2C6H14O4.2C4H10O3.B.IO4.2Na.H/c13-1-2-19-11(6-17)22-10(5-16)8-20-12(7-18)21-9(3-14)4-15;1-5-3-10-7(8)6(11-5)4-9-2;3*1-6(3-8)11-7(4-9)5-10-2;2*1-5(2-7)10-6(3-8)4-9;2*1-7-3-4(6)2-5;;2-1(3,4)5;;;/h1,9-12,14-18H,2-8H2;5-8H,3-4H2,1-2H3;3*6-9H,3-5H2,1-2H3;2*5-9H,2-4H2,1H3;2*4-6H,2-3H2,1H3;;;;;/q;;;;;;;;;;-1;2*+1;-1. The number of aliphatic hydroxyl groups is 22. The van der Waals surface area contributed by atoms with E-state index in [2.05, 4.69) is 9.47 Å². The molecular formula is C60H135BINa2O44. The average molecular weight is 1740 g/mol. The number of hydrogen-bond donors (Lipinski definition) is 22. The second kappa shape index (κ2) is 102. The maximum absolute atomic E-state index is 10.2. The molecule has 0 amide bonds. The normalized spacial score (nSPS) is 17.2. The van der Waals surface area contributed by atoms with Crippen molar-refractivity contribution in [1.82, 2.24) is 0 Å². The van der Waals surface area contributed by atoms with Crippen LogP contribution in [0.3, 0.4) is 0 Å². The summed E-state index contributed by atoms with van der Waals surface area (Å²) in [6.07, 6.45) is -9.68. The van der Waals surface area contributed by atoms with Crippen molar-refractivity contribution in [2.75, 3.05) is 228 Å². The van der Waals surface area contributed by atoms with Gasteiger partial charge >= 0.3 is 59.1 Å². The van der Waals surface area contributed by atoms with E-state index in [1.165, 1.54) is 35.5 Å². The zero-order valence-electron chi connectivity index (χ0n) is 66.1. The molecule has 0 spiro atoms. The number of halogens is 1. The van der Waals surface area contributed by atoms with E-state index in [4.69, 9.17) is 192 Å². The zero-order chi connectivity index (χ0) is 83.0. The fraction of sp³-hybridized carbons (Fsp3) is 0.983. The number of rotatable bonds is 51. The Morgan fingerprint density at radius 3 is 0.861 bits per heavy atom. The molecule has 1 fully saturated rings. The van der Waals surface area contributed by atoms with E-state index in [0.717, 1.165) is 0 Å². The molecule has 3 radical (unpaired) electrons. The molecule has 0 aromatic heterocycles. The number of ether oxygens (including phenoxy) is 17. The molecule has 0 aromatic carbocycles. The van der Waals surface area contributed by atoms with Crippen molar-refractivity contribution in [3.8, 4) is 0 Å². The first-order chi connectivity index (χ1) is 49.7. The molecule has 1 aliphatic rings. The second-order valence-electron chi connectivity index (χ2n) is 21.1. The first-order valence-electron chi connectivity index (χ1n) is 32.4. The Morgan fingerprint density at radius 1 is 0.389 bits per heavy atom. The maximum atomic E-state index is 10.2. The van der Waals surface area contributed by atoms with E-state index in [1.54, 1.807) is 41.7 Å². The molecule has 0 aliphatic carbocycles. The smallest absolute Gasteiger partial charge is 1.00 e. The van der Waals surface area contributed by atoms with Crippen LogP contribution in [-0.2, 0) is 85.3 Å². The molecule has 1 aliphatic heterocycles. The molecule has 0 saturated carbocycles. The van der Waals surface area contributed by atoms with Gasteiger partial charge in [-0.2, -0.15) is 0 Å². The average Bonchev–Trinajstić information content (AvgIpc) is 0.892. The summed E-state index contributed by atoms with van der Waals surface area (Å²) in [6.45, 7) is 7.83. The number of carbonyl (C=O) groups excluding carboxylic acids is 1. The van der Waals surface area contributed by atoms with Gasteiger partial charge in [0, 0.05) is 51.1 Å². The molecule has 44 nitrogen and oxygen atoms in total. The molecule has 0 aromatic rings. The van der Waals surface area contributed by atoms with Crippen LogP contribution in [0.4, 0.5) is 0 Å². The summed E-state index contributed by atoms with van der Waals surface area (Å²) in [5.41, 5.74) is 0. The van der Waals surface area contributed by atoms with Gasteiger partial charge < -0.3 is 199 Å². The van der Waals surface area contributed by atoms with Gasteiger partial charge in [-0.15, -0.1) is 0 Å². The summed E-state index contributed by atoms with van der Waals surface area (Å²) >= 11 is -5.94. The second-order valence-corrected chi connectivity index (χ2v) is 23.3. The molecule has 48 heteroatoms. The van der Waals surface area contributed by atoms with Gasteiger partial charge in [-0.25, -0.2) is 0 Å². The predicted octanol–water partition coefficient (Wildman–Crippen LogP) is -24.0. The Morgan fingerprint density at radius 2 is 0.639 bits per heavy atom. The molecule has 651 valence electrons. The van der Waals surface area contributed by atoms with Crippen LogP contribution in [0.2, 0.25) is 0 Å². The third-order valence-electron chi connectivity index (χ3n) is 11.0. The summed E-state index contributed by atoms with van der Waals surface area (Å²) in [4.78, 5) is 10.2. The van der Waals surface area contributed by atoms with E-state index >= 15 is 0 Å². The molecule has 16 unspecified atom stereocenters. The third kappa shape index (κ3) is 105. The molecule has 1 rings (SSSR count). The molecule has 0 bridgehead atoms. The third-order valence-corrected chi connectivity index (χ3v) is 11.0. The van der Waals surface area contributed by atoms with Gasteiger partial charge in [0.25, 0.3) is 0 Å². The minimum atomic E-state index is -5.94. The Hall–Kier alpha value is 0.745. The van der Waals surface area contributed by atoms with Crippen molar-refractivity contribution < 1.29 is 292 Å². The quantitative estimate of drug-likeness (QED) is 0.0116. The largest absolute Gasteiger partial charge is 1.00 e. The monoisotopic (exact) mass is 1740 g/mol. The van der Waals surface area contributed by atoms with E-state index < -0.39 is 109 Å². The van der Waals surface area contributed by atoms with Crippen molar-refractivity contribution in [2.45, 2.75) is 158 Å². The van der Waals surface area contributed by atoms with E-state index in [-0.39, 0.29) is 249 Å². The molecule has 22 N–H and O–H groups in total. The number of carbonyl (C=O) groups is 1. The van der Waals surface area contributed by atoms with Crippen molar-refractivity contribution >= 4 is 14.7 Å². The van der Waals surface area contributed by atoms with Crippen molar-refractivity contribution in [2.24, 2.45) is 0 Å². The molecule has 1 heterocycles. The van der Waals surface area contributed by atoms with Crippen molar-refractivity contribution in [1.29, 1.82) is 0 Å². The first kappa shape index (κ1) is 135. The van der Waals surface area contributed by atoms with E-state index in [1.807, 2.05) is 6.92 Å². The molecule has 16 atom stereocenters. The van der Waals surface area contributed by atoms with Crippen LogP contribution in [0.15, 0.2) is 0 Å². The van der Waals surface area contributed by atoms with Crippen LogP contribution < -0.4 is 93.0 Å². The fourth-order valence-electron chi connectivity index (χ4n) is 5.97. The number of aliphatic hydroxyl groups excluding tert-OH is 22. The van der Waals surface area contributed by atoms with Crippen LogP contribution in [0.25, 0.3) is 0 Å². The summed E-state index contributed by atoms with van der Waals surface area (Å²) in [7, 11) is 9.12. The summed E-state index contributed by atoms with van der Waals surface area (Å²) < 4.78 is 119. The summed E-state index contributed by atoms with van der Waals surface area (Å²) in [5, 5.41) is 190. The van der Waals surface area contributed by atoms with Gasteiger partial charge in [0.15, 0.2) is 18.9 Å². The van der Waals surface area contributed by atoms with Gasteiger partial charge in [0.1, 0.15) is 94.0 Å². The van der Waals surface area contributed by atoms with Crippen LogP contribution >= 0.6 is 0 Å². The maximum Gasteiger partial charge on any atom is 1.00 e. The Bertz CT molecular complexity index is 1530. The number of methoxy groups -OCH3 is 6. The van der Waals surface area contributed by atoms with Gasteiger partial charge in [-0.1, -0.05) is 0 Å². The van der Waals surface area contributed by atoms with Gasteiger partial charge in [-0.3, -0.25) is 13.7 Å². The van der Waals surface area contributed by atoms with Crippen molar-refractivity contribution in [3.63, 3.8) is 0 Å². The molecule has 108 heavy (non-hydrogen) atoms. The summed E-state index contributed by atoms with van der Waals surface area (Å²) in [5.74, 6) is 0. The molecular weight excluding hydrogens is 1610 g/mol. The first-order valence-corrected chi connectivity index (χ1v) is 35.9. The van der Waals surface area contributed by atoms with E-state index in [9.17, 15) is 9.90 Å². The van der Waals surface area contributed by atoms with Crippen LogP contribution in [-0.4, -0.2) is 471 Å². The zero-order valence-corrected chi connectivity index (χ0v) is 71.3. The van der Waals surface area contributed by atoms with Crippen LogP contribution in [0.1, 0.15) is 43.0 Å².